The number of amides is 1. The average molecular weight is 281 g/mol. The van der Waals surface area contributed by atoms with Gasteiger partial charge in [-0.2, -0.15) is 0 Å². The highest BCUT2D eigenvalue weighted by atomic mass is 16.5. The maximum Gasteiger partial charge on any atom is 0.246 e. The Bertz CT molecular complexity index is 287. The van der Waals surface area contributed by atoms with Crippen LogP contribution in [0.1, 0.15) is 77.6 Å². The van der Waals surface area contributed by atoms with Gasteiger partial charge < -0.3 is 10.1 Å². The second-order valence-corrected chi connectivity index (χ2v) is 6.58. The van der Waals surface area contributed by atoms with Crippen molar-refractivity contribution >= 4 is 5.91 Å². The predicted molar refractivity (Wildman–Crippen MR) is 81.6 cm³/mol. The van der Waals surface area contributed by atoms with E-state index >= 15 is 0 Å². The van der Waals surface area contributed by atoms with E-state index in [0.717, 1.165) is 19.3 Å². The Morgan fingerprint density at radius 3 is 2.65 bits per heavy atom. The molecule has 0 aromatic heterocycles. The topological polar surface area (TPSA) is 38.3 Å². The Labute approximate surface area is 123 Å². The number of ether oxygens (including phenoxy) is 1. The van der Waals surface area contributed by atoms with Gasteiger partial charge in [0.15, 0.2) is 0 Å². The van der Waals surface area contributed by atoms with Crippen molar-refractivity contribution in [3.05, 3.63) is 0 Å². The molecule has 2 rings (SSSR count). The molecule has 2 unspecified atom stereocenters. The molecule has 0 spiro atoms. The van der Waals surface area contributed by atoms with E-state index in [1.807, 2.05) is 0 Å². The van der Waals surface area contributed by atoms with Gasteiger partial charge in [0.2, 0.25) is 5.91 Å². The molecule has 1 amide bonds. The molecule has 20 heavy (non-hydrogen) atoms. The number of nitrogens with one attached hydrogen (secondary N) is 1. The number of hydrogen-bond donors (Lipinski definition) is 1. The lowest BCUT2D eigenvalue weighted by Crippen LogP contribution is -2.40. The van der Waals surface area contributed by atoms with Crippen molar-refractivity contribution in [3.8, 4) is 0 Å². The van der Waals surface area contributed by atoms with Crippen LogP contribution in [0.4, 0.5) is 0 Å². The smallest absolute Gasteiger partial charge is 0.246 e. The second-order valence-electron chi connectivity index (χ2n) is 6.58. The van der Waals surface area contributed by atoms with Crippen molar-refractivity contribution in [2.45, 2.75) is 89.7 Å². The van der Waals surface area contributed by atoms with Crippen molar-refractivity contribution in [1.29, 1.82) is 0 Å². The molecule has 0 aromatic rings. The van der Waals surface area contributed by atoms with Gasteiger partial charge in [0.05, 0.1) is 6.10 Å². The number of hydrogen-bond acceptors (Lipinski definition) is 2. The van der Waals surface area contributed by atoms with Gasteiger partial charge in [-0.05, 0) is 38.0 Å². The molecule has 0 aromatic carbocycles. The first-order chi connectivity index (χ1) is 9.79. The zero-order valence-corrected chi connectivity index (χ0v) is 13.0. The molecule has 0 heterocycles. The van der Waals surface area contributed by atoms with E-state index in [1.54, 1.807) is 0 Å². The van der Waals surface area contributed by atoms with Gasteiger partial charge in [0, 0.05) is 6.04 Å². The molecule has 3 nitrogen and oxygen atoms in total. The molecule has 2 aliphatic carbocycles. The largest absolute Gasteiger partial charge is 0.368 e. The Kier molecular flexibility index (Phi) is 6.85. The first-order valence-electron chi connectivity index (χ1n) is 8.70. The van der Waals surface area contributed by atoms with E-state index in [0.29, 0.717) is 18.1 Å². The summed E-state index contributed by atoms with van der Waals surface area (Å²) in [5.41, 5.74) is 0. The fraction of sp³-hybridized carbons (Fsp3) is 0.941. The maximum absolute atomic E-state index is 12.0. The number of carbonyl (C=O) groups is 1. The molecule has 0 bridgehead atoms. The molecular formula is C17H31NO2. The molecule has 0 aliphatic heterocycles. The van der Waals surface area contributed by atoms with Crippen LogP contribution in [-0.4, -0.2) is 24.7 Å². The second kappa shape index (κ2) is 8.66. The molecule has 2 aliphatic rings. The lowest BCUT2D eigenvalue weighted by molar-refractivity contribution is -0.129. The van der Waals surface area contributed by atoms with Gasteiger partial charge in [-0.15, -0.1) is 0 Å². The number of carbonyl (C=O) groups excluding carboxylic acids is 1. The maximum atomic E-state index is 12.0. The van der Waals surface area contributed by atoms with E-state index < -0.39 is 0 Å². The van der Waals surface area contributed by atoms with Crippen LogP contribution >= 0.6 is 0 Å². The summed E-state index contributed by atoms with van der Waals surface area (Å²) < 4.78 is 5.76. The van der Waals surface area contributed by atoms with Crippen LogP contribution in [-0.2, 0) is 9.53 Å². The number of rotatable bonds is 7. The van der Waals surface area contributed by atoms with E-state index in [9.17, 15) is 4.79 Å². The van der Waals surface area contributed by atoms with Gasteiger partial charge in [-0.1, -0.05) is 45.4 Å². The molecule has 0 radical (unpaired) electrons. The van der Waals surface area contributed by atoms with Crippen LogP contribution in [0.15, 0.2) is 0 Å². The summed E-state index contributed by atoms with van der Waals surface area (Å²) in [7, 11) is 0. The monoisotopic (exact) mass is 281 g/mol. The summed E-state index contributed by atoms with van der Waals surface area (Å²) in [5.74, 6) is 0.803. The molecule has 2 saturated carbocycles. The van der Waals surface area contributed by atoms with Crippen molar-refractivity contribution in [2.75, 3.05) is 6.61 Å². The quantitative estimate of drug-likeness (QED) is 0.770. The van der Waals surface area contributed by atoms with Gasteiger partial charge in [-0.3, -0.25) is 4.79 Å². The minimum absolute atomic E-state index is 0.101. The van der Waals surface area contributed by atoms with Crippen LogP contribution in [0, 0.1) is 5.92 Å². The Morgan fingerprint density at radius 2 is 1.90 bits per heavy atom. The molecule has 3 heteroatoms. The first kappa shape index (κ1) is 15.8. The molecule has 0 saturated heterocycles. The molecule has 2 fully saturated rings. The molecule has 1 N–H and O–H groups in total. The third kappa shape index (κ3) is 5.08. The third-order valence-electron chi connectivity index (χ3n) is 4.94. The fourth-order valence-electron chi connectivity index (χ4n) is 3.71. The lowest BCUT2D eigenvalue weighted by Gasteiger charge is -2.24. The van der Waals surface area contributed by atoms with Gasteiger partial charge in [0.25, 0.3) is 0 Å². The summed E-state index contributed by atoms with van der Waals surface area (Å²) in [5, 5.41) is 3.21. The van der Waals surface area contributed by atoms with Crippen LogP contribution in [0.5, 0.6) is 0 Å². The minimum atomic E-state index is 0.101. The third-order valence-corrected chi connectivity index (χ3v) is 4.94. The summed E-state index contributed by atoms with van der Waals surface area (Å²) in [6, 6.07) is 0.406. The summed E-state index contributed by atoms with van der Waals surface area (Å²) in [6.45, 7) is 2.50. The highest BCUT2D eigenvalue weighted by molar-refractivity contribution is 5.77. The normalized spacial score (nSPS) is 27.6. The Balaban J connectivity index is 1.65. The SMILES string of the molecule is CCCCC1CCCC1NC(=O)COC1CCCCC1. The highest BCUT2D eigenvalue weighted by Gasteiger charge is 2.28. The zero-order valence-electron chi connectivity index (χ0n) is 13.0. The van der Waals surface area contributed by atoms with Crippen LogP contribution in [0.2, 0.25) is 0 Å². The van der Waals surface area contributed by atoms with Crippen LogP contribution < -0.4 is 5.32 Å². The fourth-order valence-corrected chi connectivity index (χ4v) is 3.71. The summed E-state index contributed by atoms with van der Waals surface area (Å²) >= 11 is 0. The van der Waals surface area contributed by atoms with Crippen LogP contribution in [0.3, 0.4) is 0 Å². The van der Waals surface area contributed by atoms with Gasteiger partial charge in [-0.25, -0.2) is 0 Å². The summed E-state index contributed by atoms with van der Waals surface area (Å²) in [4.78, 5) is 12.0. The van der Waals surface area contributed by atoms with E-state index in [4.69, 9.17) is 4.74 Å². The lowest BCUT2D eigenvalue weighted by atomic mass is 9.97. The highest BCUT2D eigenvalue weighted by Crippen LogP contribution is 2.29. The first-order valence-corrected chi connectivity index (χ1v) is 8.70. The predicted octanol–water partition coefficient (Wildman–Crippen LogP) is 3.81. The van der Waals surface area contributed by atoms with E-state index in [2.05, 4.69) is 12.2 Å². The van der Waals surface area contributed by atoms with Crippen molar-refractivity contribution in [1.82, 2.24) is 5.32 Å². The molecular weight excluding hydrogens is 250 g/mol. The van der Waals surface area contributed by atoms with Gasteiger partial charge in [0.1, 0.15) is 6.61 Å². The number of unbranched alkanes of at least 4 members (excludes halogenated alkanes) is 1. The van der Waals surface area contributed by atoms with E-state index in [-0.39, 0.29) is 12.5 Å². The van der Waals surface area contributed by atoms with Crippen LogP contribution in [0.25, 0.3) is 0 Å². The minimum Gasteiger partial charge on any atom is -0.368 e. The van der Waals surface area contributed by atoms with Gasteiger partial charge >= 0.3 is 0 Å². The average Bonchev–Trinajstić information content (AvgIpc) is 2.91. The Morgan fingerprint density at radius 1 is 1.10 bits per heavy atom. The van der Waals surface area contributed by atoms with Crippen molar-refractivity contribution < 1.29 is 9.53 Å². The van der Waals surface area contributed by atoms with Crippen molar-refractivity contribution in [2.24, 2.45) is 5.92 Å². The zero-order chi connectivity index (χ0) is 14.2. The standard InChI is InChI=1S/C17H31NO2/c1-2-3-8-14-9-7-12-16(14)18-17(19)13-20-15-10-5-4-6-11-15/h14-16H,2-13H2,1H3,(H,18,19). The molecule has 116 valence electrons. The Hall–Kier alpha value is -0.570. The van der Waals surface area contributed by atoms with E-state index in [1.165, 1.54) is 51.4 Å². The molecule has 2 atom stereocenters. The van der Waals surface area contributed by atoms with Crippen molar-refractivity contribution in [3.63, 3.8) is 0 Å². The summed E-state index contributed by atoms with van der Waals surface area (Å²) in [6.07, 6.45) is 14.0.